The van der Waals surface area contributed by atoms with Gasteiger partial charge in [0.25, 0.3) is 0 Å². The molecule has 0 aliphatic rings. The molecule has 0 bridgehead atoms. The highest BCUT2D eigenvalue weighted by Gasteiger charge is 2.18. The van der Waals surface area contributed by atoms with Crippen molar-refractivity contribution in [3.63, 3.8) is 0 Å². The van der Waals surface area contributed by atoms with E-state index in [4.69, 9.17) is 9.84 Å². The molecule has 0 aliphatic carbocycles. The number of carboxylic acids is 1. The van der Waals surface area contributed by atoms with Crippen LogP contribution in [0.4, 0.5) is 10.5 Å². The van der Waals surface area contributed by atoms with Crippen molar-refractivity contribution in [3.8, 4) is 0 Å². The van der Waals surface area contributed by atoms with E-state index in [1.54, 1.807) is 27.8 Å². The van der Waals surface area contributed by atoms with Crippen molar-refractivity contribution in [1.29, 1.82) is 0 Å². The number of carbonyl (C=O) groups is 2. The van der Waals surface area contributed by atoms with Gasteiger partial charge in [0.15, 0.2) is 0 Å². The highest BCUT2D eigenvalue weighted by molar-refractivity contribution is 5.90. The molecule has 0 saturated heterocycles. The van der Waals surface area contributed by atoms with Gasteiger partial charge in [-0.3, -0.25) is 10.00 Å². The van der Waals surface area contributed by atoms with Gasteiger partial charge in [0.1, 0.15) is 5.60 Å². The third-order valence-electron chi connectivity index (χ3n) is 2.00. The second-order valence-electron chi connectivity index (χ2n) is 4.87. The molecule has 104 valence electrons. The molecule has 0 spiro atoms. The smallest absolute Gasteiger partial charge is 0.412 e. The molecule has 19 heavy (non-hydrogen) atoms. The van der Waals surface area contributed by atoms with Crippen LogP contribution in [0, 0.1) is 0 Å². The minimum Gasteiger partial charge on any atom is -0.478 e. The minimum absolute atomic E-state index is 0.384. The molecule has 0 aliphatic heterocycles. The molecule has 0 aromatic carbocycles. The number of amides is 1. The summed E-state index contributed by atoms with van der Waals surface area (Å²) >= 11 is 0. The Morgan fingerprint density at radius 1 is 1.47 bits per heavy atom. The van der Waals surface area contributed by atoms with Crippen LogP contribution in [0.5, 0.6) is 0 Å². The minimum atomic E-state index is -1.08. The fourth-order valence-corrected chi connectivity index (χ4v) is 1.30. The molecule has 2 N–H and O–H groups in total. The molecule has 0 atom stereocenters. The van der Waals surface area contributed by atoms with Crippen molar-refractivity contribution < 1.29 is 19.4 Å². The number of aromatic nitrogens is 2. The van der Waals surface area contributed by atoms with Crippen LogP contribution >= 0.6 is 0 Å². The second kappa shape index (κ2) is 5.55. The van der Waals surface area contributed by atoms with Gasteiger partial charge in [0.2, 0.25) is 0 Å². The third kappa shape index (κ3) is 4.82. The summed E-state index contributed by atoms with van der Waals surface area (Å²) in [7, 11) is 1.64. The molecule has 1 rings (SSSR count). The molecule has 1 aromatic rings. The maximum Gasteiger partial charge on any atom is 0.412 e. The summed E-state index contributed by atoms with van der Waals surface area (Å²) in [5, 5.41) is 15.1. The Kier molecular flexibility index (Phi) is 4.31. The fourth-order valence-electron chi connectivity index (χ4n) is 1.30. The predicted molar refractivity (Wildman–Crippen MR) is 69.7 cm³/mol. The Bertz CT molecular complexity index is 512. The van der Waals surface area contributed by atoms with Crippen molar-refractivity contribution in [2.45, 2.75) is 26.4 Å². The number of nitrogens with zero attached hydrogens (tertiary/aromatic N) is 2. The van der Waals surface area contributed by atoms with Crippen molar-refractivity contribution >= 4 is 23.8 Å². The number of aliphatic carboxylic acids is 1. The van der Waals surface area contributed by atoms with Crippen molar-refractivity contribution in [2.75, 3.05) is 5.32 Å². The normalized spacial score (nSPS) is 11.6. The molecule has 1 amide bonds. The monoisotopic (exact) mass is 267 g/mol. The van der Waals surface area contributed by atoms with Crippen LogP contribution in [0.15, 0.2) is 12.3 Å². The lowest BCUT2D eigenvalue weighted by Crippen LogP contribution is -2.27. The van der Waals surface area contributed by atoms with E-state index in [2.05, 4.69) is 10.4 Å². The van der Waals surface area contributed by atoms with Crippen molar-refractivity contribution in [3.05, 3.63) is 18.0 Å². The summed E-state index contributed by atoms with van der Waals surface area (Å²) in [6, 6.07) is 0. The highest BCUT2D eigenvalue weighted by atomic mass is 16.6. The van der Waals surface area contributed by atoms with Gasteiger partial charge in [-0.1, -0.05) is 0 Å². The van der Waals surface area contributed by atoms with E-state index >= 15 is 0 Å². The summed E-state index contributed by atoms with van der Waals surface area (Å²) in [4.78, 5) is 22.1. The van der Waals surface area contributed by atoms with E-state index in [9.17, 15) is 9.59 Å². The number of carboxylic acid groups (broad SMARTS) is 1. The van der Waals surface area contributed by atoms with E-state index in [0.717, 1.165) is 6.08 Å². The first-order valence-corrected chi connectivity index (χ1v) is 5.62. The molecule has 1 aromatic heterocycles. The molecule has 0 radical (unpaired) electrons. The molecule has 0 fully saturated rings. The lowest BCUT2D eigenvalue weighted by molar-refractivity contribution is -0.131. The zero-order valence-corrected chi connectivity index (χ0v) is 11.3. The third-order valence-corrected chi connectivity index (χ3v) is 2.00. The largest absolute Gasteiger partial charge is 0.478 e. The molecular formula is C12H17N3O4. The quantitative estimate of drug-likeness (QED) is 0.815. The highest BCUT2D eigenvalue weighted by Crippen LogP contribution is 2.17. The number of hydrogen-bond donors (Lipinski definition) is 2. The van der Waals surface area contributed by atoms with Gasteiger partial charge < -0.3 is 9.84 Å². The van der Waals surface area contributed by atoms with E-state index < -0.39 is 17.7 Å². The van der Waals surface area contributed by atoms with Gasteiger partial charge >= 0.3 is 12.1 Å². The first-order valence-electron chi connectivity index (χ1n) is 5.62. The second-order valence-corrected chi connectivity index (χ2v) is 4.87. The van der Waals surface area contributed by atoms with Crippen LogP contribution in [0.2, 0.25) is 0 Å². The lowest BCUT2D eigenvalue weighted by atomic mass is 10.2. The Labute approximate surface area is 110 Å². The van der Waals surface area contributed by atoms with Gasteiger partial charge in [-0.25, -0.2) is 9.59 Å². The van der Waals surface area contributed by atoms with E-state index in [0.29, 0.717) is 11.4 Å². The Balaban J connectivity index is 2.85. The molecule has 7 heteroatoms. The number of aryl methyl sites for hydroxylation is 1. The zero-order chi connectivity index (χ0) is 14.6. The maximum atomic E-state index is 11.6. The van der Waals surface area contributed by atoms with Gasteiger partial charge in [-0.2, -0.15) is 5.10 Å². The number of rotatable bonds is 3. The standard InChI is InChI=1S/C12H17N3O4/c1-12(2,3)19-11(18)14-8-7-13-15(4)9(8)5-6-10(16)17/h5-7H,1-4H3,(H,14,18)(H,16,17)/b6-5+. The van der Waals surface area contributed by atoms with Crippen LogP contribution in [0.1, 0.15) is 26.5 Å². The molecule has 0 saturated carbocycles. The van der Waals surface area contributed by atoms with Crippen LogP contribution in [0.25, 0.3) is 6.08 Å². The number of nitrogens with one attached hydrogen (secondary N) is 1. The fraction of sp³-hybridized carbons (Fsp3) is 0.417. The van der Waals surface area contributed by atoms with Gasteiger partial charge in [-0.05, 0) is 26.8 Å². The summed E-state index contributed by atoms with van der Waals surface area (Å²) in [6.45, 7) is 5.25. The summed E-state index contributed by atoms with van der Waals surface area (Å²) < 4.78 is 6.55. The molecular weight excluding hydrogens is 250 g/mol. The molecule has 7 nitrogen and oxygen atoms in total. The van der Waals surface area contributed by atoms with Crippen LogP contribution < -0.4 is 5.32 Å². The molecule has 0 unspecified atom stereocenters. The van der Waals surface area contributed by atoms with Gasteiger partial charge in [0, 0.05) is 13.1 Å². The predicted octanol–water partition coefficient (Wildman–Crippen LogP) is 1.86. The Hall–Kier alpha value is -2.31. The van der Waals surface area contributed by atoms with Crippen molar-refractivity contribution in [2.24, 2.45) is 7.05 Å². The molecule has 1 heterocycles. The average Bonchev–Trinajstić information content (AvgIpc) is 2.54. The van der Waals surface area contributed by atoms with Crippen LogP contribution in [-0.2, 0) is 16.6 Å². The zero-order valence-electron chi connectivity index (χ0n) is 11.3. The Morgan fingerprint density at radius 2 is 2.11 bits per heavy atom. The first-order chi connectivity index (χ1) is 8.69. The SMILES string of the molecule is Cn1ncc(NC(=O)OC(C)(C)C)c1/C=C/C(=O)O. The van der Waals surface area contributed by atoms with Crippen molar-refractivity contribution in [1.82, 2.24) is 9.78 Å². The van der Waals surface area contributed by atoms with Crippen LogP contribution in [0.3, 0.4) is 0 Å². The summed E-state index contributed by atoms with van der Waals surface area (Å²) in [5.41, 5.74) is 0.242. The summed E-state index contributed by atoms with van der Waals surface area (Å²) in [5.74, 6) is -1.08. The van der Waals surface area contributed by atoms with Gasteiger partial charge in [0.05, 0.1) is 17.6 Å². The number of hydrogen-bond acceptors (Lipinski definition) is 4. The van der Waals surface area contributed by atoms with E-state index in [-0.39, 0.29) is 0 Å². The number of carbonyl (C=O) groups excluding carboxylic acids is 1. The number of anilines is 1. The topological polar surface area (TPSA) is 93.5 Å². The van der Waals surface area contributed by atoms with E-state index in [1.165, 1.54) is 17.0 Å². The average molecular weight is 267 g/mol. The van der Waals surface area contributed by atoms with Crippen LogP contribution in [-0.4, -0.2) is 32.6 Å². The first kappa shape index (κ1) is 14.7. The maximum absolute atomic E-state index is 11.6. The lowest BCUT2D eigenvalue weighted by Gasteiger charge is -2.19. The van der Waals surface area contributed by atoms with E-state index in [1.807, 2.05) is 0 Å². The Morgan fingerprint density at radius 3 is 2.63 bits per heavy atom. The summed E-state index contributed by atoms with van der Waals surface area (Å²) in [6.07, 6.45) is 3.12. The number of ether oxygens (including phenoxy) is 1. The van der Waals surface area contributed by atoms with Gasteiger partial charge in [-0.15, -0.1) is 0 Å².